The predicted octanol–water partition coefficient (Wildman–Crippen LogP) is 18.6. The Balaban J connectivity index is 0.982. The number of benzene rings is 10. The Morgan fingerprint density at radius 3 is 1.41 bits per heavy atom. The molecular weight excluding hydrogens is 973 g/mol. The van der Waals surface area contributed by atoms with Gasteiger partial charge in [0, 0.05) is 66.1 Å². The van der Waals surface area contributed by atoms with E-state index in [9.17, 15) is 0 Å². The number of carbonyl (C=O) groups excluding carboxylic acids is 2. The Morgan fingerprint density at radius 1 is 0.400 bits per heavy atom. The monoisotopic (exact) mass is 1020 g/mol. The van der Waals surface area contributed by atoms with Crippen molar-refractivity contribution >= 4 is 87.8 Å². The minimum absolute atomic E-state index is 0.0688. The van der Waals surface area contributed by atoms with E-state index in [1.165, 1.54) is 49.7 Å². The van der Waals surface area contributed by atoms with E-state index in [1.807, 2.05) is 0 Å². The average molecular weight is 1020 g/mol. The normalized spacial score (nSPS) is 19.2. The first kappa shape index (κ1) is 44.4. The van der Waals surface area contributed by atoms with Gasteiger partial charge in [-0.25, -0.2) is 0 Å². The van der Waals surface area contributed by atoms with Gasteiger partial charge in [-0.15, -0.1) is 0 Å². The third-order valence-corrected chi connectivity index (χ3v) is 19.3. The Bertz CT molecular complexity index is 5200. The van der Waals surface area contributed by atoms with Crippen LogP contribution in [0.4, 0.5) is 0 Å². The number of hydrogen-bond donors (Lipinski definition) is 0. The lowest BCUT2D eigenvalue weighted by molar-refractivity contribution is 0.0957. The zero-order valence-corrected chi connectivity index (χ0v) is 44.5. The zero-order valence-electron chi connectivity index (χ0n) is 44.5. The molecule has 2 atom stereocenters. The Hall–Kier alpha value is -9.64. The average Bonchev–Trinajstić information content (AvgIpc) is 4.21. The second-order valence-corrected chi connectivity index (χ2v) is 23.5. The number of carbonyl (C=O) groups is 2. The van der Waals surface area contributed by atoms with Crippen LogP contribution in [0.15, 0.2) is 212 Å². The van der Waals surface area contributed by atoms with E-state index in [1.54, 1.807) is 0 Å². The summed E-state index contributed by atoms with van der Waals surface area (Å²) in [7, 11) is 0. The van der Waals surface area contributed by atoms with Gasteiger partial charge in [-0.2, -0.15) is 0 Å². The summed E-state index contributed by atoms with van der Waals surface area (Å²) in [5.41, 5.74) is 26.6. The summed E-state index contributed by atoms with van der Waals surface area (Å²) < 4.78 is 4.95. The van der Waals surface area contributed by atoms with Crippen LogP contribution in [0.25, 0.3) is 98.4 Å². The molecule has 4 bridgehead atoms. The minimum Gasteiger partial charge on any atom is -0.308 e. The summed E-state index contributed by atoms with van der Waals surface area (Å²) in [6.07, 6.45) is 9.02. The van der Waals surface area contributed by atoms with Gasteiger partial charge in [0.05, 0.1) is 44.9 Å². The summed E-state index contributed by atoms with van der Waals surface area (Å²) in [5, 5.41) is 9.25. The SMILES string of the molecule is C=C1/C=C\C=C/CC2C(=O)c3cc4c(cc3C1c1ccccc12)c1cc(-c2ccccc2)cc2c3cc5c(cc3n4c12)c1cc(-c2c(C)cc(C)cc2C)cc2c3cc4c(cc3n5c21)C(=O)C1c2ccccc2C4c2ccccc21. The van der Waals surface area contributed by atoms with Crippen LogP contribution in [0.5, 0.6) is 0 Å². The Morgan fingerprint density at radius 2 is 0.850 bits per heavy atom. The molecule has 4 heteroatoms. The molecule has 80 heavy (non-hydrogen) atoms. The van der Waals surface area contributed by atoms with Crippen molar-refractivity contribution in [3.63, 3.8) is 0 Å². The molecule has 0 spiro atoms. The molecule has 0 radical (unpaired) electrons. The summed E-state index contributed by atoms with van der Waals surface area (Å²) >= 11 is 0. The van der Waals surface area contributed by atoms with E-state index in [0.717, 1.165) is 127 Å². The third kappa shape index (κ3) is 5.60. The van der Waals surface area contributed by atoms with Crippen LogP contribution in [0, 0.1) is 20.8 Å². The first-order chi connectivity index (χ1) is 39.2. The molecule has 4 nitrogen and oxygen atoms in total. The number of ketones is 2. The van der Waals surface area contributed by atoms with Crippen LogP contribution in [0.1, 0.15) is 112 Å². The van der Waals surface area contributed by atoms with Gasteiger partial charge < -0.3 is 8.80 Å². The van der Waals surface area contributed by atoms with Gasteiger partial charge in [0.1, 0.15) is 0 Å². The lowest BCUT2D eigenvalue weighted by Gasteiger charge is -2.30. The van der Waals surface area contributed by atoms with E-state index in [0.29, 0.717) is 6.42 Å². The fraction of sp³-hybridized carbons (Fsp3) is 0.105. The number of fused-ring (bicyclic) bond motifs is 14. The van der Waals surface area contributed by atoms with E-state index < -0.39 is 0 Å². The molecule has 4 aromatic heterocycles. The van der Waals surface area contributed by atoms with Gasteiger partial charge in [0.15, 0.2) is 11.6 Å². The highest BCUT2D eigenvalue weighted by Gasteiger charge is 2.43. The zero-order chi connectivity index (χ0) is 53.1. The van der Waals surface area contributed by atoms with Crippen LogP contribution >= 0.6 is 0 Å². The van der Waals surface area contributed by atoms with Crippen molar-refractivity contribution in [2.24, 2.45) is 0 Å². The summed E-state index contributed by atoms with van der Waals surface area (Å²) in [6, 6.07) is 64.9. The van der Waals surface area contributed by atoms with Gasteiger partial charge in [0.25, 0.3) is 0 Å². The molecule has 0 fully saturated rings. The minimum atomic E-state index is -0.374. The number of Topliss-reactive ketones (excluding diaryl/α,β-unsaturated/α-hetero) is 2. The lowest BCUT2D eigenvalue weighted by atomic mass is 9.72. The molecule has 0 saturated heterocycles. The number of hydrogen-bond acceptors (Lipinski definition) is 2. The van der Waals surface area contributed by atoms with Crippen LogP contribution in [-0.4, -0.2) is 20.4 Å². The second kappa shape index (κ2) is 15.6. The highest BCUT2D eigenvalue weighted by molar-refractivity contribution is 6.31. The van der Waals surface area contributed by atoms with Crippen molar-refractivity contribution in [1.29, 1.82) is 0 Å². The fourth-order valence-electron chi connectivity index (χ4n) is 16.2. The van der Waals surface area contributed by atoms with Crippen LogP contribution in [0.3, 0.4) is 0 Å². The molecule has 0 amide bonds. The fourth-order valence-corrected chi connectivity index (χ4v) is 16.2. The van der Waals surface area contributed by atoms with Gasteiger partial charge in [0.2, 0.25) is 0 Å². The highest BCUT2D eigenvalue weighted by Crippen LogP contribution is 2.55. The molecule has 0 aliphatic heterocycles. The Labute approximate surface area is 461 Å². The van der Waals surface area contributed by atoms with Gasteiger partial charge in [-0.05, 0) is 171 Å². The Kier molecular flexibility index (Phi) is 8.62. The summed E-state index contributed by atoms with van der Waals surface area (Å²) in [4.78, 5) is 31.0. The number of allylic oxidation sites excluding steroid dienone is 5. The standard InChI is InChI=1S/C76H50N2O2/c1-39-27-41(3)69(42(4)28-39)45-31-61-54-34-58-64(76(80)72-50-24-15-13-22-48(50)71(58)49-23-14-16-25-51(49)72)38-68(54)78-66-35-55-60-30-44(43-18-8-6-9-19-43)29-59-53-33-57-63(37-67(53)77(73(59)60)65(55)36-56(66)62(32-45)74(61)78)75(79)52-26-10-5-7-17-40(2)70(57)47-21-12-11-20-46(47)52/h5-25,27-38,52,70-72H,2,26H2,1,3-4H3/b10-5-,17-7-. The van der Waals surface area contributed by atoms with Crippen molar-refractivity contribution in [2.75, 3.05) is 0 Å². The first-order valence-corrected chi connectivity index (χ1v) is 28.2. The van der Waals surface area contributed by atoms with Crippen LogP contribution in [-0.2, 0) is 0 Å². The molecule has 5 aliphatic rings. The van der Waals surface area contributed by atoms with Crippen molar-refractivity contribution in [3.8, 4) is 22.3 Å². The smallest absolute Gasteiger partial charge is 0.175 e. The first-order valence-electron chi connectivity index (χ1n) is 28.2. The summed E-state index contributed by atoms with van der Waals surface area (Å²) in [6.45, 7) is 11.4. The number of aryl methyl sites for hydroxylation is 3. The lowest BCUT2D eigenvalue weighted by Crippen LogP contribution is -2.19. The highest BCUT2D eigenvalue weighted by atomic mass is 16.1. The molecule has 4 heterocycles. The maximum absolute atomic E-state index is 15.6. The molecule has 10 aromatic carbocycles. The van der Waals surface area contributed by atoms with Crippen molar-refractivity contribution in [2.45, 2.75) is 50.9 Å². The summed E-state index contributed by atoms with van der Waals surface area (Å²) in [5.74, 6) is -0.653. The molecule has 0 N–H and O–H groups in total. The van der Waals surface area contributed by atoms with E-state index in [-0.39, 0.29) is 35.2 Å². The maximum Gasteiger partial charge on any atom is 0.175 e. The third-order valence-electron chi connectivity index (χ3n) is 19.3. The van der Waals surface area contributed by atoms with Crippen LogP contribution < -0.4 is 0 Å². The number of rotatable bonds is 2. The van der Waals surface area contributed by atoms with Crippen molar-refractivity contribution in [3.05, 3.63) is 285 Å². The number of nitrogens with zero attached hydrogens (tertiary/aromatic N) is 2. The molecule has 5 aliphatic carbocycles. The molecule has 14 aromatic rings. The molecular formula is C76H50N2O2. The quantitative estimate of drug-likeness (QED) is 0.173. The topological polar surface area (TPSA) is 43.0 Å². The van der Waals surface area contributed by atoms with E-state index >= 15 is 9.59 Å². The van der Waals surface area contributed by atoms with Crippen molar-refractivity contribution in [1.82, 2.24) is 8.80 Å². The van der Waals surface area contributed by atoms with Gasteiger partial charge >= 0.3 is 0 Å². The molecule has 2 unspecified atom stereocenters. The number of aromatic nitrogens is 2. The van der Waals surface area contributed by atoms with Crippen LogP contribution in [0.2, 0.25) is 0 Å². The molecule has 0 saturated carbocycles. The molecule has 376 valence electrons. The van der Waals surface area contributed by atoms with Crippen molar-refractivity contribution < 1.29 is 9.59 Å². The maximum atomic E-state index is 15.6. The predicted molar refractivity (Wildman–Crippen MR) is 328 cm³/mol. The van der Waals surface area contributed by atoms with Gasteiger partial charge in [-0.3, -0.25) is 9.59 Å². The van der Waals surface area contributed by atoms with E-state index in [4.69, 9.17) is 6.58 Å². The van der Waals surface area contributed by atoms with E-state index in [2.05, 4.69) is 230 Å². The van der Waals surface area contributed by atoms with Gasteiger partial charge in [-0.1, -0.05) is 152 Å². The molecule has 19 rings (SSSR count). The largest absolute Gasteiger partial charge is 0.308 e. The second-order valence-electron chi connectivity index (χ2n) is 23.5.